The fourth-order valence-corrected chi connectivity index (χ4v) is 2.97. The Morgan fingerprint density at radius 1 is 1.52 bits per heavy atom. The van der Waals surface area contributed by atoms with Crippen molar-refractivity contribution in [3.05, 3.63) is 27.7 Å². The van der Waals surface area contributed by atoms with E-state index in [1.54, 1.807) is 25.1 Å². The molecule has 21 heavy (non-hydrogen) atoms. The van der Waals surface area contributed by atoms with Crippen molar-refractivity contribution in [1.82, 2.24) is 4.90 Å². The summed E-state index contributed by atoms with van der Waals surface area (Å²) in [6.07, 6.45) is 0.457. The molecule has 7 heteroatoms. The lowest BCUT2D eigenvalue weighted by Gasteiger charge is -2.20. The van der Waals surface area contributed by atoms with Gasteiger partial charge < -0.3 is 14.7 Å². The van der Waals surface area contributed by atoms with E-state index in [0.29, 0.717) is 28.2 Å². The summed E-state index contributed by atoms with van der Waals surface area (Å²) in [5, 5.41) is 9.72. The zero-order chi connectivity index (χ0) is 15.6. The zero-order valence-electron chi connectivity index (χ0n) is 11.4. The number of carboxylic acid groups (broad SMARTS) is 1. The Morgan fingerprint density at radius 2 is 2.24 bits per heavy atom. The molecule has 1 aliphatic rings. The van der Waals surface area contributed by atoms with E-state index in [2.05, 4.69) is 15.9 Å². The Bertz CT molecular complexity index is 580. The normalized spacial score (nSPS) is 21.4. The van der Waals surface area contributed by atoms with Gasteiger partial charge in [0, 0.05) is 18.1 Å². The third kappa shape index (κ3) is 3.68. The summed E-state index contributed by atoms with van der Waals surface area (Å²) in [6, 6.07) is 5.02. The molecule has 1 fully saturated rings. The lowest BCUT2D eigenvalue weighted by molar-refractivity contribution is -0.147. The summed E-state index contributed by atoms with van der Waals surface area (Å²) < 4.78 is 6.12. The fraction of sp³-hybridized carbons (Fsp3) is 0.429. The predicted octanol–water partition coefficient (Wildman–Crippen LogP) is 2.80. The highest BCUT2D eigenvalue weighted by molar-refractivity contribution is 9.10. The summed E-state index contributed by atoms with van der Waals surface area (Å²) in [4.78, 5) is 24.8. The van der Waals surface area contributed by atoms with Gasteiger partial charge in [-0.05, 0) is 47.5 Å². The number of likely N-dealkylation sites (tertiary alicyclic amines) is 1. The van der Waals surface area contributed by atoms with E-state index in [0.717, 1.165) is 0 Å². The van der Waals surface area contributed by atoms with E-state index < -0.39 is 11.4 Å². The van der Waals surface area contributed by atoms with Crippen molar-refractivity contribution in [2.45, 2.75) is 13.3 Å². The summed E-state index contributed by atoms with van der Waals surface area (Å²) in [6.45, 7) is 2.17. The number of ether oxygens (including phenoxy) is 1. The van der Waals surface area contributed by atoms with E-state index >= 15 is 0 Å². The van der Waals surface area contributed by atoms with Crippen molar-refractivity contribution < 1.29 is 19.4 Å². The Hall–Kier alpha value is -1.27. The summed E-state index contributed by atoms with van der Waals surface area (Å²) >= 11 is 9.13. The lowest BCUT2D eigenvalue weighted by atomic mass is 9.90. The predicted molar refractivity (Wildman–Crippen MR) is 81.6 cm³/mol. The molecule has 0 radical (unpaired) electrons. The first-order valence-corrected chi connectivity index (χ1v) is 7.58. The van der Waals surface area contributed by atoms with Gasteiger partial charge in [-0.1, -0.05) is 11.6 Å². The van der Waals surface area contributed by atoms with E-state index in [1.165, 1.54) is 4.90 Å². The van der Waals surface area contributed by atoms with E-state index in [4.69, 9.17) is 21.4 Å². The van der Waals surface area contributed by atoms with Gasteiger partial charge in [0.2, 0.25) is 0 Å². The highest BCUT2D eigenvalue weighted by Gasteiger charge is 2.42. The maximum absolute atomic E-state index is 12.1. The molecular weight excluding hydrogens is 362 g/mol. The minimum atomic E-state index is -0.876. The van der Waals surface area contributed by atoms with Gasteiger partial charge in [0.1, 0.15) is 5.75 Å². The third-order valence-electron chi connectivity index (χ3n) is 3.59. The number of amides is 1. The Labute approximate surface area is 136 Å². The van der Waals surface area contributed by atoms with Gasteiger partial charge >= 0.3 is 5.97 Å². The van der Waals surface area contributed by atoms with E-state index in [-0.39, 0.29) is 19.1 Å². The zero-order valence-corrected chi connectivity index (χ0v) is 13.8. The topological polar surface area (TPSA) is 66.8 Å². The molecule has 1 heterocycles. The van der Waals surface area contributed by atoms with Crippen LogP contribution in [0.15, 0.2) is 22.7 Å². The average Bonchev–Trinajstić information content (AvgIpc) is 2.82. The van der Waals surface area contributed by atoms with Gasteiger partial charge in [0.15, 0.2) is 6.61 Å². The fourth-order valence-electron chi connectivity index (χ4n) is 2.17. The number of hydrogen-bond donors (Lipinski definition) is 1. The molecule has 1 atom stereocenters. The number of hydrogen-bond acceptors (Lipinski definition) is 3. The maximum Gasteiger partial charge on any atom is 0.311 e. The number of rotatable bonds is 4. The molecule has 114 valence electrons. The van der Waals surface area contributed by atoms with Crippen LogP contribution in [-0.2, 0) is 9.59 Å². The van der Waals surface area contributed by atoms with Crippen LogP contribution in [0.5, 0.6) is 5.75 Å². The number of carbonyl (C=O) groups is 2. The van der Waals surface area contributed by atoms with Crippen molar-refractivity contribution >= 4 is 39.4 Å². The van der Waals surface area contributed by atoms with Gasteiger partial charge in [-0.2, -0.15) is 0 Å². The molecule has 1 N–H and O–H groups in total. The largest absolute Gasteiger partial charge is 0.483 e. The molecule has 2 rings (SSSR count). The molecule has 0 saturated carbocycles. The molecule has 0 spiro atoms. The maximum atomic E-state index is 12.1. The monoisotopic (exact) mass is 375 g/mol. The van der Waals surface area contributed by atoms with Crippen molar-refractivity contribution in [2.75, 3.05) is 19.7 Å². The number of nitrogens with zero attached hydrogens (tertiary/aromatic N) is 1. The van der Waals surface area contributed by atoms with Gasteiger partial charge in [-0.25, -0.2) is 0 Å². The van der Waals surface area contributed by atoms with Crippen molar-refractivity contribution in [2.24, 2.45) is 5.41 Å². The lowest BCUT2D eigenvalue weighted by Crippen LogP contribution is -2.37. The number of aliphatic carboxylic acids is 1. The Balaban J connectivity index is 1.93. The minimum Gasteiger partial charge on any atom is -0.483 e. The number of carbonyl (C=O) groups excluding carboxylic acids is 1. The molecular formula is C14H15BrClNO4. The van der Waals surface area contributed by atoms with Gasteiger partial charge in [0.05, 0.1) is 9.89 Å². The standard InChI is InChI=1S/C14H15BrClNO4/c1-14(13(19)20)4-5-17(8-14)12(18)7-21-11-3-2-9(16)6-10(11)15/h2-3,6H,4-5,7-8H2,1H3,(H,19,20). The van der Waals surface area contributed by atoms with Crippen LogP contribution in [0.25, 0.3) is 0 Å². The van der Waals surface area contributed by atoms with Crippen LogP contribution in [0.1, 0.15) is 13.3 Å². The first kappa shape index (κ1) is 16.1. The van der Waals surface area contributed by atoms with Gasteiger partial charge in [-0.3, -0.25) is 9.59 Å². The first-order valence-electron chi connectivity index (χ1n) is 6.41. The minimum absolute atomic E-state index is 0.129. The molecule has 0 aromatic heterocycles. The average molecular weight is 377 g/mol. The smallest absolute Gasteiger partial charge is 0.311 e. The number of halogens is 2. The molecule has 0 bridgehead atoms. The molecule has 1 amide bonds. The number of benzene rings is 1. The molecule has 0 aliphatic carbocycles. The molecule has 1 aliphatic heterocycles. The van der Waals surface area contributed by atoms with Crippen LogP contribution < -0.4 is 4.74 Å². The highest BCUT2D eigenvalue weighted by Crippen LogP contribution is 2.31. The van der Waals surface area contributed by atoms with Crippen LogP contribution in [0.3, 0.4) is 0 Å². The van der Waals surface area contributed by atoms with E-state index in [1.807, 2.05) is 0 Å². The Kier molecular flexibility index (Phi) is 4.78. The summed E-state index contributed by atoms with van der Waals surface area (Å²) in [7, 11) is 0. The second-order valence-electron chi connectivity index (χ2n) is 5.29. The Morgan fingerprint density at radius 3 is 2.81 bits per heavy atom. The summed E-state index contributed by atoms with van der Waals surface area (Å²) in [5.74, 6) is -0.575. The number of carboxylic acids is 1. The van der Waals surface area contributed by atoms with Crippen molar-refractivity contribution in [3.63, 3.8) is 0 Å². The molecule has 1 aromatic rings. The molecule has 5 nitrogen and oxygen atoms in total. The SMILES string of the molecule is CC1(C(=O)O)CCN(C(=O)COc2ccc(Cl)cc2Br)C1. The van der Waals surface area contributed by atoms with Gasteiger partial charge in [-0.15, -0.1) is 0 Å². The van der Waals surface area contributed by atoms with Gasteiger partial charge in [0.25, 0.3) is 5.91 Å². The van der Waals surface area contributed by atoms with Crippen LogP contribution in [-0.4, -0.2) is 41.6 Å². The van der Waals surface area contributed by atoms with Crippen LogP contribution >= 0.6 is 27.5 Å². The highest BCUT2D eigenvalue weighted by atomic mass is 79.9. The summed E-state index contributed by atoms with van der Waals surface area (Å²) in [5.41, 5.74) is -0.865. The molecule has 1 aromatic carbocycles. The van der Waals surface area contributed by atoms with Crippen LogP contribution in [0, 0.1) is 5.41 Å². The molecule has 1 unspecified atom stereocenters. The molecule has 1 saturated heterocycles. The van der Waals surface area contributed by atoms with Crippen molar-refractivity contribution in [3.8, 4) is 5.75 Å². The van der Waals surface area contributed by atoms with Crippen LogP contribution in [0.4, 0.5) is 0 Å². The third-order valence-corrected chi connectivity index (χ3v) is 4.44. The van der Waals surface area contributed by atoms with E-state index in [9.17, 15) is 9.59 Å². The van der Waals surface area contributed by atoms with Crippen LogP contribution in [0.2, 0.25) is 5.02 Å². The quantitative estimate of drug-likeness (QED) is 0.877. The second-order valence-corrected chi connectivity index (χ2v) is 6.59. The first-order chi connectivity index (χ1) is 9.82. The second kappa shape index (κ2) is 6.23. The van der Waals surface area contributed by atoms with Crippen molar-refractivity contribution in [1.29, 1.82) is 0 Å².